The van der Waals surface area contributed by atoms with E-state index in [1.54, 1.807) is 17.9 Å². The fourth-order valence-corrected chi connectivity index (χ4v) is 3.48. The second-order valence-electron chi connectivity index (χ2n) is 6.87. The Labute approximate surface area is 186 Å². The molecule has 0 aliphatic heterocycles. The molecule has 1 heterocycles. The summed E-state index contributed by atoms with van der Waals surface area (Å²) in [5, 5.41) is 8.26. The number of amides is 1. The first kappa shape index (κ1) is 22.1. The van der Waals surface area contributed by atoms with Crippen LogP contribution in [0.2, 0.25) is 5.02 Å². The maximum atomic E-state index is 12.4. The van der Waals surface area contributed by atoms with Crippen LogP contribution < -0.4 is 10.1 Å². The van der Waals surface area contributed by atoms with E-state index in [2.05, 4.69) is 12.2 Å². The highest BCUT2D eigenvalue weighted by atomic mass is 35.5. The molecule has 0 spiro atoms. The lowest BCUT2D eigenvalue weighted by molar-refractivity contribution is -0.116. The molecular formula is C22H25ClN4O2S. The Bertz CT molecular complexity index is 1060. The van der Waals surface area contributed by atoms with Crippen molar-refractivity contribution in [3.8, 4) is 17.1 Å². The van der Waals surface area contributed by atoms with Gasteiger partial charge in [0.25, 0.3) is 0 Å². The summed E-state index contributed by atoms with van der Waals surface area (Å²) >= 11 is 11.7. The Kier molecular flexibility index (Phi) is 7.65. The minimum atomic E-state index is -0.110. The van der Waals surface area contributed by atoms with Gasteiger partial charge in [-0.15, -0.1) is 0 Å². The lowest BCUT2D eigenvalue weighted by Gasteiger charge is -2.07. The molecule has 3 rings (SSSR count). The first-order chi connectivity index (χ1) is 14.5. The van der Waals surface area contributed by atoms with Gasteiger partial charge in [0.2, 0.25) is 5.91 Å². The summed E-state index contributed by atoms with van der Waals surface area (Å²) in [6, 6.07) is 14.8. The Hall–Kier alpha value is -2.64. The van der Waals surface area contributed by atoms with Gasteiger partial charge >= 0.3 is 0 Å². The zero-order valence-electron chi connectivity index (χ0n) is 17.1. The molecule has 0 saturated carbocycles. The molecule has 30 heavy (non-hydrogen) atoms. The van der Waals surface area contributed by atoms with Gasteiger partial charge in [0, 0.05) is 35.3 Å². The monoisotopic (exact) mass is 444 g/mol. The summed E-state index contributed by atoms with van der Waals surface area (Å²) in [6.45, 7) is 3.32. The number of ether oxygens (including phenoxy) is 1. The number of benzene rings is 2. The highest BCUT2D eigenvalue weighted by molar-refractivity contribution is 7.71. The minimum absolute atomic E-state index is 0.110. The van der Waals surface area contributed by atoms with Gasteiger partial charge in [-0.2, -0.15) is 5.10 Å². The second-order valence-corrected chi connectivity index (χ2v) is 7.67. The van der Waals surface area contributed by atoms with E-state index < -0.39 is 0 Å². The molecule has 0 aliphatic rings. The number of nitrogens with zero attached hydrogens (tertiary/aromatic N) is 3. The fourth-order valence-electron chi connectivity index (χ4n) is 3.05. The molecule has 3 aromatic rings. The average molecular weight is 445 g/mol. The lowest BCUT2D eigenvalue weighted by atomic mass is 10.2. The maximum Gasteiger partial charge on any atom is 0.226 e. The molecule has 158 valence electrons. The van der Waals surface area contributed by atoms with Crippen molar-refractivity contribution < 1.29 is 9.53 Å². The van der Waals surface area contributed by atoms with Crippen LogP contribution in [0.15, 0.2) is 48.5 Å². The largest absolute Gasteiger partial charge is 0.497 e. The Morgan fingerprint density at radius 2 is 1.97 bits per heavy atom. The van der Waals surface area contributed by atoms with E-state index in [1.165, 1.54) is 0 Å². The molecule has 0 atom stereocenters. The topological polar surface area (TPSA) is 61.1 Å². The maximum absolute atomic E-state index is 12.4. The highest BCUT2D eigenvalue weighted by Gasteiger charge is 2.14. The normalized spacial score (nSPS) is 10.8. The third kappa shape index (κ3) is 5.49. The molecule has 1 N–H and O–H groups in total. The number of unbranched alkanes of at least 4 members (excludes halogenated alkanes) is 1. The standard InChI is InChI=1S/C22H25ClN4O2S/c1-3-4-13-26-21(16-8-10-17(23)11-9-16)25-27(22(26)30)14-12-20(28)24-18-6-5-7-19(15-18)29-2/h5-11,15H,3-4,12-14H2,1-2H3,(H,24,28). The van der Waals surface area contributed by atoms with E-state index in [9.17, 15) is 4.79 Å². The highest BCUT2D eigenvalue weighted by Crippen LogP contribution is 2.22. The summed E-state index contributed by atoms with van der Waals surface area (Å²) in [5.41, 5.74) is 1.64. The molecule has 1 aromatic heterocycles. The second kappa shape index (κ2) is 10.4. The number of rotatable bonds is 9. The molecule has 0 unspecified atom stereocenters. The molecule has 1 amide bonds. The first-order valence-electron chi connectivity index (χ1n) is 9.89. The van der Waals surface area contributed by atoms with Crippen molar-refractivity contribution in [2.75, 3.05) is 12.4 Å². The van der Waals surface area contributed by atoms with Crippen LogP contribution in [0.4, 0.5) is 5.69 Å². The third-order valence-corrected chi connectivity index (χ3v) is 5.35. The zero-order chi connectivity index (χ0) is 21.5. The SMILES string of the molecule is CCCCn1c(-c2ccc(Cl)cc2)nn(CCC(=O)Nc2cccc(OC)c2)c1=S. The number of methoxy groups -OCH3 is 1. The van der Waals surface area contributed by atoms with Crippen LogP contribution in [0.25, 0.3) is 11.4 Å². The van der Waals surface area contributed by atoms with Gasteiger partial charge in [-0.25, -0.2) is 4.68 Å². The summed E-state index contributed by atoms with van der Waals surface area (Å²) < 4.78 is 9.55. The van der Waals surface area contributed by atoms with Gasteiger partial charge in [0.15, 0.2) is 10.6 Å². The van der Waals surface area contributed by atoms with Gasteiger partial charge in [-0.05, 0) is 55.0 Å². The molecule has 0 radical (unpaired) electrons. The molecule has 2 aromatic carbocycles. The van der Waals surface area contributed by atoms with E-state index in [0.717, 1.165) is 30.8 Å². The van der Waals surface area contributed by atoms with Gasteiger partial charge in [0.05, 0.1) is 13.7 Å². The van der Waals surface area contributed by atoms with Crippen molar-refractivity contribution in [3.05, 3.63) is 58.3 Å². The van der Waals surface area contributed by atoms with Crippen molar-refractivity contribution in [2.45, 2.75) is 39.3 Å². The summed E-state index contributed by atoms with van der Waals surface area (Å²) in [4.78, 5) is 12.4. The number of hydrogen-bond donors (Lipinski definition) is 1. The number of carbonyl (C=O) groups excluding carboxylic acids is 1. The van der Waals surface area contributed by atoms with Crippen LogP contribution in [-0.2, 0) is 17.9 Å². The Balaban J connectivity index is 1.75. The van der Waals surface area contributed by atoms with Gasteiger partial charge in [0.1, 0.15) is 5.75 Å². The van der Waals surface area contributed by atoms with Crippen molar-refractivity contribution >= 4 is 35.4 Å². The van der Waals surface area contributed by atoms with Crippen molar-refractivity contribution in [3.63, 3.8) is 0 Å². The molecule has 6 nitrogen and oxygen atoms in total. The van der Waals surface area contributed by atoms with Crippen LogP contribution in [0.1, 0.15) is 26.2 Å². The lowest BCUT2D eigenvalue weighted by Crippen LogP contribution is -2.15. The molecular weight excluding hydrogens is 420 g/mol. The summed E-state index contributed by atoms with van der Waals surface area (Å²) in [7, 11) is 1.59. The quantitative estimate of drug-likeness (QED) is 0.438. The number of nitrogens with one attached hydrogen (secondary N) is 1. The number of hydrogen-bond acceptors (Lipinski definition) is 4. The third-order valence-electron chi connectivity index (χ3n) is 4.66. The zero-order valence-corrected chi connectivity index (χ0v) is 18.7. The van der Waals surface area contributed by atoms with Crippen molar-refractivity contribution in [2.24, 2.45) is 0 Å². The minimum Gasteiger partial charge on any atom is -0.497 e. The summed E-state index contributed by atoms with van der Waals surface area (Å²) in [5.74, 6) is 1.37. The number of halogens is 1. The van der Waals surface area contributed by atoms with E-state index in [-0.39, 0.29) is 12.3 Å². The van der Waals surface area contributed by atoms with E-state index in [4.69, 9.17) is 33.7 Å². The average Bonchev–Trinajstić information content (AvgIpc) is 3.06. The summed E-state index contributed by atoms with van der Waals surface area (Å²) in [6.07, 6.45) is 2.31. The van der Waals surface area contributed by atoms with Crippen LogP contribution in [0.5, 0.6) is 5.75 Å². The molecule has 0 fully saturated rings. The van der Waals surface area contributed by atoms with E-state index >= 15 is 0 Å². The van der Waals surface area contributed by atoms with Gasteiger partial charge in [-0.1, -0.05) is 31.0 Å². The van der Waals surface area contributed by atoms with E-state index in [1.807, 2.05) is 47.0 Å². The predicted octanol–water partition coefficient (Wildman–Crippen LogP) is 5.57. The number of anilines is 1. The van der Waals surface area contributed by atoms with E-state index in [0.29, 0.717) is 27.8 Å². The predicted molar refractivity (Wildman–Crippen MR) is 123 cm³/mol. The van der Waals surface area contributed by atoms with Crippen LogP contribution >= 0.6 is 23.8 Å². The van der Waals surface area contributed by atoms with Crippen molar-refractivity contribution in [1.82, 2.24) is 14.3 Å². The number of aryl methyl sites for hydroxylation is 1. The Morgan fingerprint density at radius 1 is 1.20 bits per heavy atom. The van der Waals surface area contributed by atoms with Crippen LogP contribution in [0, 0.1) is 4.77 Å². The smallest absolute Gasteiger partial charge is 0.226 e. The van der Waals surface area contributed by atoms with Gasteiger partial charge < -0.3 is 10.1 Å². The van der Waals surface area contributed by atoms with Crippen molar-refractivity contribution in [1.29, 1.82) is 0 Å². The molecule has 0 bridgehead atoms. The first-order valence-corrected chi connectivity index (χ1v) is 10.7. The number of aromatic nitrogens is 3. The fraction of sp³-hybridized carbons (Fsp3) is 0.318. The number of carbonyl (C=O) groups is 1. The Morgan fingerprint density at radius 3 is 2.67 bits per heavy atom. The van der Waals surface area contributed by atoms with Gasteiger partial charge in [-0.3, -0.25) is 9.36 Å². The molecule has 0 aliphatic carbocycles. The molecule has 8 heteroatoms. The van der Waals surface area contributed by atoms with Crippen LogP contribution in [0.3, 0.4) is 0 Å². The van der Waals surface area contributed by atoms with Crippen LogP contribution in [-0.4, -0.2) is 27.4 Å². The molecule has 0 saturated heterocycles.